The van der Waals surface area contributed by atoms with E-state index in [1.54, 1.807) is 0 Å². The maximum atomic E-state index is 11.6. The number of aldehydes is 1. The Labute approximate surface area is 152 Å². The van der Waals surface area contributed by atoms with Crippen molar-refractivity contribution >= 4 is 17.2 Å². The van der Waals surface area contributed by atoms with Crippen molar-refractivity contribution in [3.8, 4) is 5.75 Å². The summed E-state index contributed by atoms with van der Waals surface area (Å²) < 4.78 is 5.91. The summed E-state index contributed by atoms with van der Waals surface area (Å²) in [4.78, 5) is 14.9. The first-order chi connectivity index (χ1) is 12.8. The van der Waals surface area contributed by atoms with Gasteiger partial charge in [0.15, 0.2) is 6.29 Å². The monoisotopic (exact) mass is 341 g/mol. The molecule has 4 aromatic rings. The van der Waals surface area contributed by atoms with E-state index >= 15 is 0 Å². The molecule has 4 rings (SSSR count). The highest BCUT2D eigenvalue weighted by atomic mass is 16.5. The van der Waals surface area contributed by atoms with Gasteiger partial charge < -0.3 is 9.72 Å². The smallest absolute Gasteiger partial charge is 0.152 e. The third kappa shape index (κ3) is 3.38. The Bertz CT molecular complexity index is 1030. The topological polar surface area (TPSA) is 42.1 Å². The summed E-state index contributed by atoms with van der Waals surface area (Å²) >= 11 is 0. The van der Waals surface area contributed by atoms with Crippen LogP contribution in [0.2, 0.25) is 0 Å². The van der Waals surface area contributed by atoms with E-state index in [9.17, 15) is 4.79 Å². The summed E-state index contributed by atoms with van der Waals surface area (Å²) in [6.45, 7) is 0.538. The van der Waals surface area contributed by atoms with Crippen LogP contribution in [-0.2, 0) is 13.0 Å². The van der Waals surface area contributed by atoms with Gasteiger partial charge in [-0.3, -0.25) is 4.79 Å². The van der Waals surface area contributed by atoms with E-state index in [4.69, 9.17) is 4.74 Å². The summed E-state index contributed by atoms with van der Waals surface area (Å²) in [5.41, 5.74) is 4.89. The van der Waals surface area contributed by atoms with Crippen molar-refractivity contribution < 1.29 is 9.53 Å². The SMILES string of the molecule is O=Cc1c(Cc2cccc(OCc3ccccc3)c2)[nH]c2ccccc12. The maximum Gasteiger partial charge on any atom is 0.152 e. The average molecular weight is 341 g/mol. The lowest BCUT2D eigenvalue weighted by Gasteiger charge is -2.08. The number of hydrogen-bond acceptors (Lipinski definition) is 2. The number of carbonyl (C=O) groups is 1. The van der Waals surface area contributed by atoms with E-state index in [1.165, 1.54) is 0 Å². The second kappa shape index (κ2) is 7.28. The van der Waals surface area contributed by atoms with Crippen LogP contribution in [0.25, 0.3) is 10.9 Å². The van der Waals surface area contributed by atoms with Crippen LogP contribution in [0.3, 0.4) is 0 Å². The number of H-pyrrole nitrogens is 1. The van der Waals surface area contributed by atoms with Crippen LogP contribution in [0.1, 0.15) is 27.2 Å². The largest absolute Gasteiger partial charge is 0.489 e. The Morgan fingerprint density at radius 3 is 2.46 bits per heavy atom. The quantitative estimate of drug-likeness (QED) is 0.493. The number of nitrogens with one attached hydrogen (secondary N) is 1. The molecule has 3 heteroatoms. The molecule has 0 amide bonds. The number of carbonyl (C=O) groups excluding carboxylic acids is 1. The van der Waals surface area contributed by atoms with Crippen LogP contribution < -0.4 is 4.74 Å². The summed E-state index contributed by atoms with van der Waals surface area (Å²) in [6, 6.07) is 26.0. The standard InChI is InChI=1S/C23H19NO2/c25-15-21-20-11-4-5-12-22(20)24-23(21)14-18-9-6-10-19(13-18)26-16-17-7-2-1-3-8-17/h1-13,15,24H,14,16H2. The molecule has 26 heavy (non-hydrogen) atoms. The fourth-order valence-corrected chi connectivity index (χ4v) is 3.18. The lowest BCUT2D eigenvalue weighted by Crippen LogP contribution is -1.97. The van der Waals surface area contributed by atoms with Crippen molar-refractivity contribution in [2.45, 2.75) is 13.0 Å². The predicted octanol–water partition coefficient (Wildman–Crippen LogP) is 5.15. The number of aromatic nitrogens is 1. The van der Waals surface area contributed by atoms with Gasteiger partial charge in [-0.05, 0) is 29.3 Å². The molecule has 0 bridgehead atoms. The summed E-state index contributed by atoms with van der Waals surface area (Å²) in [6.07, 6.45) is 1.59. The van der Waals surface area contributed by atoms with Crippen LogP contribution >= 0.6 is 0 Å². The van der Waals surface area contributed by atoms with E-state index in [1.807, 2.05) is 72.8 Å². The number of ether oxygens (including phenoxy) is 1. The molecule has 0 aliphatic carbocycles. The van der Waals surface area contributed by atoms with Gasteiger partial charge in [0.05, 0.1) is 0 Å². The molecule has 0 saturated heterocycles. The Kier molecular flexibility index (Phi) is 4.52. The molecule has 3 nitrogen and oxygen atoms in total. The highest BCUT2D eigenvalue weighted by molar-refractivity contribution is 5.99. The second-order valence-corrected chi connectivity index (χ2v) is 6.28. The van der Waals surface area contributed by atoms with Crippen molar-refractivity contribution in [1.82, 2.24) is 4.98 Å². The van der Waals surface area contributed by atoms with Crippen LogP contribution in [0.4, 0.5) is 0 Å². The van der Waals surface area contributed by atoms with Crippen LogP contribution in [0.5, 0.6) is 5.75 Å². The first-order valence-electron chi connectivity index (χ1n) is 8.64. The van der Waals surface area contributed by atoms with E-state index in [0.717, 1.165) is 45.3 Å². The number of hydrogen-bond donors (Lipinski definition) is 1. The van der Waals surface area contributed by atoms with Gasteiger partial charge in [0.2, 0.25) is 0 Å². The van der Waals surface area contributed by atoms with Gasteiger partial charge in [0.1, 0.15) is 12.4 Å². The van der Waals surface area contributed by atoms with Gasteiger partial charge in [-0.1, -0.05) is 60.7 Å². The van der Waals surface area contributed by atoms with Crippen molar-refractivity contribution in [3.63, 3.8) is 0 Å². The molecule has 1 N–H and O–H groups in total. The highest BCUT2D eigenvalue weighted by Gasteiger charge is 2.11. The minimum absolute atomic E-state index is 0.538. The van der Waals surface area contributed by atoms with Gasteiger partial charge >= 0.3 is 0 Å². The molecule has 1 heterocycles. The van der Waals surface area contributed by atoms with Crippen LogP contribution in [-0.4, -0.2) is 11.3 Å². The van der Waals surface area contributed by atoms with Gasteiger partial charge in [0, 0.05) is 28.6 Å². The fraction of sp³-hybridized carbons (Fsp3) is 0.0870. The lowest BCUT2D eigenvalue weighted by molar-refractivity contribution is 0.112. The molecule has 128 valence electrons. The highest BCUT2D eigenvalue weighted by Crippen LogP contribution is 2.24. The van der Waals surface area contributed by atoms with Crippen LogP contribution in [0.15, 0.2) is 78.9 Å². The number of aromatic amines is 1. The Balaban J connectivity index is 1.55. The Morgan fingerprint density at radius 1 is 0.846 bits per heavy atom. The predicted molar refractivity (Wildman–Crippen MR) is 104 cm³/mol. The number of para-hydroxylation sites is 1. The van der Waals surface area contributed by atoms with Crippen molar-refractivity contribution in [2.24, 2.45) is 0 Å². The van der Waals surface area contributed by atoms with E-state index in [0.29, 0.717) is 13.0 Å². The minimum atomic E-state index is 0.538. The summed E-state index contributed by atoms with van der Waals surface area (Å²) in [7, 11) is 0. The molecule has 0 spiro atoms. The maximum absolute atomic E-state index is 11.6. The molecule has 0 aliphatic rings. The normalized spacial score (nSPS) is 10.8. The van der Waals surface area contributed by atoms with Crippen molar-refractivity contribution in [3.05, 3.63) is 101 Å². The number of fused-ring (bicyclic) bond motifs is 1. The molecule has 0 unspecified atom stereocenters. The molecule has 0 aliphatic heterocycles. The van der Waals surface area contributed by atoms with E-state index < -0.39 is 0 Å². The molecule has 0 fully saturated rings. The molecule has 3 aromatic carbocycles. The van der Waals surface area contributed by atoms with E-state index in [-0.39, 0.29) is 0 Å². The lowest BCUT2D eigenvalue weighted by atomic mass is 10.1. The van der Waals surface area contributed by atoms with Crippen molar-refractivity contribution in [1.29, 1.82) is 0 Å². The molecule has 0 saturated carbocycles. The summed E-state index contributed by atoms with van der Waals surface area (Å²) in [5, 5.41) is 0.967. The third-order valence-electron chi connectivity index (χ3n) is 4.47. The Hall–Kier alpha value is -3.33. The summed E-state index contributed by atoms with van der Waals surface area (Å²) in [5.74, 6) is 0.829. The van der Waals surface area contributed by atoms with Gasteiger partial charge in [-0.25, -0.2) is 0 Å². The Morgan fingerprint density at radius 2 is 1.62 bits per heavy atom. The van der Waals surface area contributed by atoms with E-state index in [2.05, 4.69) is 11.1 Å². The number of benzene rings is 3. The molecular formula is C23H19NO2. The molecule has 1 aromatic heterocycles. The first kappa shape index (κ1) is 16.2. The third-order valence-corrected chi connectivity index (χ3v) is 4.47. The second-order valence-electron chi connectivity index (χ2n) is 6.28. The van der Waals surface area contributed by atoms with Gasteiger partial charge in [0.25, 0.3) is 0 Å². The molecular weight excluding hydrogens is 322 g/mol. The van der Waals surface area contributed by atoms with Gasteiger partial charge in [-0.2, -0.15) is 0 Å². The first-order valence-corrected chi connectivity index (χ1v) is 8.64. The zero-order valence-corrected chi connectivity index (χ0v) is 14.3. The van der Waals surface area contributed by atoms with Gasteiger partial charge in [-0.15, -0.1) is 0 Å². The number of rotatable bonds is 6. The zero-order valence-electron chi connectivity index (χ0n) is 14.3. The minimum Gasteiger partial charge on any atom is -0.489 e. The average Bonchev–Trinajstić information content (AvgIpc) is 3.04. The van der Waals surface area contributed by atoms with Crippen LogP contribution in [0, 0.1) is 0 Å². The fourth-order valence-electron chi connectivity index (χ4n) is 3.18. The molecule has 0 atom stereocenters. The van der Waals surface area contributed by atoms with Crippen molar-refractivity contribution in [2.75, 3.05) is 0 Å². The molecule has 0 radical (unpaired) electrons. The zero-order chi connectivity index (χ0) is 17.8.